The highest BCUT2D eigenvalue weighted by Gasteiger charge is 2.24. The van der Waals surface area contributed by atoms with Crippen molar-refractivity contribution in [1.29, 1.82) is 0 Å². The number of hydrogen-bond donors (Lipinski definition) is 0. The van der Waals surface area contributed by atoms with Crippen molar-refractivity contribution in [3.63, 3.8) is 0 Å². The molecule has 1 aliphatic rings. The Morgan fingerprint density at radius 2 is 2.00 bits per heavy atom. The Hall–Kier alpha value is -2.84. The van der Waals surface area contributed by atoms with Gasteiger partial charge >= 0.3 is 0 Å². The summed E-state index contributed by atoms with van der Waals surface area (Å²) in [6, 6.07) is 9.36. The minimum absolute atomic E-state index is 0.0308. The van der Waals surface area contributed by atoms with Gasteiger partial charge in [-0.15, -0.1) is 11.3 Å². The molecule has 6 nitrogen and oxygen atoms in total. The fraction of sp³-hybridized carbons (Fsp3) is 0.346. The van der Waals surface area contributed by atoms with Crippen LogP contribution in [0.5, 0.6) is 5.75 Å². The van der Waals surface area contributed by atoms with Crippen molar-refractivity contribution in [2.75, 3.05) is 12.9 Å². The molecule has 0 unspecified atom stereocenters. The number of carbonyl (C=O) groups excluding carboxylic acids is 1. The lowest BCUT2D eigenvalue weighted by atomic mass is 9.97. The number of carbonyl (C=O) groups is 1. The smallest absolute Gasteiger partial charge is 0.267 e. The van der Waals surface area contributed by atoms with Gasteiger partial charge in [0.15, 0.2) is 10.9 Å². The lowest BCUT2D eigenvalue weighted by Gasteiger charge is -2.14. The van der Waals surface area contributed by atoms with Crippen LogP contribution in [0, 0.1) is 13.8 Å². The minimum Gasteiger partial charge on any atom is -0.497 e. The third kappa shape index (κ3) is 3.88. The third-order valence-corrected chi connectivity index (χ3v) is 8.80. The van der Waals surface area contributed by atoms with Crippen molar-refractivity contribution in [2.24, 2.45) is 7.05 Å². The van der Waals surface area contributed by atoms with Crippen LogP contribution in [0.3, 0.4) is 0 Å². The summed E-state index contributed by atoms with van der Waals surface area (Å²) < 4.78 is 9.07. The number of rotatable bonds is 6. The first-order chi connectivity index (χ1) is 16.4. The standard InChI is InChI=1S/C26H27N3O3S2/c1-15-12-20(16(2)28(15)3)21(30)14-33-26-27-24-23(19-10-5-6-11-22(19)34-24)25(31)29(26)17-8-7-9-18(13-17)32-4/h7-9,12-13H,5-6,10-11,14H2,1-4H3. The molecule has 176 valence electrons. The molecular formula is C26H27N3O3S2. The summed E-state index contributed by atoms with van der Waals surface area (Å²) in [6.45, 7) is 3.95. The average molecular weight is 494 g/mol. The highest BCUT2D eigenvalue weighted by Crippen LogP contribution is 2.35. The van der Waals surface area contributed by atoms with Crippen molar-refractivity contribution in [3.05, 3.63) is 68.1 Å². The van der Waals surface area contributed by atoms with Gasteiger partial charge in [-0.3, -0.25) is 14.2 Å². The van der Waals surface area contributed by atoms with Gasteiger partial charge in [0.2, 0.25) is 0 Å². The summed E-state index contributed by atoms with van der Waals surface area (Å²) in [6.07, 6.45) is 4.17. The van der Waals surface area contributed by atoms with Crippen molar-refractivity contribution >= 4 is 39.1 Å². The third-order valence-electron chi connectivity index (χ3n) is 6.68. The van der Waals surface area contributed by atoms with E-state index in [0.29, 0.717) is 16.6 Å². The van der Waals surface area contributed by atoms with Crippen LogP contribution < -0.4 is 10.3 Å². The molecule has 0 atom stereocenters. The molecule has 0 bridgehead atoms. The van der Waals surface area contributed by atoms with E-state index in [0.717, 1.165) is 58.4 Å². The largest absolute Gasteiger partial charge is 0.497 e. The Morgan fingerprint density at radius 1 is 1.21 bits per heavy atom. The predicted molar refractivity (Wildman–Crippen MR) is 138 cm³/mol. The predicted octanol–water partition coefficient (Wildman–Crippen LogP) is 5.26. The number of aromatic nitrogens is 3. The normalized spacial score (nSPS) is 13.3. The molecule has 5 rings (SSSR count). The number of methoxy groups -OCH3 is 1. The maximum atomic E-state index is 13.9. The molecule has 0 amide bonds. The molecule has 0 spiro atoms. The van der Waals surface area contributed by atoms with E-state index in [4.69, 9.17) is 9.72 Å². The zero-order chi connectivity index (χ0) is 24.0. The fourth-order valence-corrected chi connectivity index (χ4v) is 6.80. The first-order valence-electron chi connectivity index (χ1n) is 11.4. The number of ether oxygens (including phenoxy) is 1. The Morgan fingerprint density at radius 3 is 2.74 bits per heavy atom. The molecule has 0 saturated carbocycles. The van der Waals surface area contributed by atoms with Gasteiger partial charge in [-0.25, -0.2) is 4.98 Å². The van der Waals surface area contributed by atoms with Crippen LogP contribution in [0.4, 0.5) is 0 Å². The maximum absolute atomic E-state index is 13.9. The highest BCUT2D eigenvalue weighted by atomic mass is 32.2. The van der Waals surface area contributed by atoms with E-state index in [1.54, 1.807) is 23.0 Å². The Kier molecular flexibility index (Phi) is 6.12. The number of thioether (sulfide) groups is 1. The van der Waals surface area contributed by atoms with Crippen LogP contribution in [-0.2, 0) is 19.9 Å². The molecule has 0 N–H and O–H groups in total. The summed E-state index contributed by atoms with van der Waals surface area (Å²) in [5.74, 6) is 0.902. The lowest BCUT2D eigenvalue weighted by Crippen LogP contribution is -2.22. The van der Waals surface area contributed by atoms with E-state index in [2.05, 4.69) is 0 Å². The lowest BCUT2D eigenvalue weighted by molar-refractivity contribution is 0.102. The molecule has 0 radical (unpaired) electrons. The number of fused-ring (bicyclic) bond motifs is 3. The average Bonchev–Trinajstić information content (AvgIpc) is 3.35. The Balaban J connectivity index is 1.61. The van der Waals surface area contributed by atoms with Crippen molar-refractivity contribution in [1.82, 2.24) is 14.1 Å². The van der Waals surface area contributed by atoms with E-state index in [-0.39, 0.29) is 17.1 Å². The summed E-state index contributed by atoms with van der Waals surface area (Å²) >= 11 is 2.94. The Bertz CT molecular complexity index is 1480. The summed E-state index contributed by atoms with van der Waals surface area (Å²) in [5, 5.41) is 1.26. The number of nitrogens with zero attached hydrogens (tertiary/aromatic N) is 3. The molecule has 0 saturated heterocycles. The molecule has 0 aliphatic heterocycles. The molecule has 3 aromatic heterocycles. The number of thiophene rings is 1. The van der Waals surface area contributed by atoms with Crippen LogP contribution in [-0.4, -0.2) is 32.8 Å². The van der Waals surface area contributed by atoms with Gasteiger partial charge in [-0.1, -0.05) is 17.8 Å². The molecule has 8 heteroatoms. The fourth-order valence-electron chi connectivity index (χ4n) is 4.61. The van der Waals surface area contributed by atoms with Crippen LogP contribution in [0.15, 0.2) is 40.3 Å². The quantitative estimate of drug-likeness (QED) is 0.208. The Labute approximate surface area is 206 Å². The van der Waals surface area contributed by atoms with Crippen molar-refractivity contribution in [3.8, 4) is 11.4 Å². The van der Waals surface area contributed by atoms with E-state index in [1.165, 1.54) is 16.6 Å². The van der Waals surface area contributed by atoms with Gasteiger partial charge in [-0.05, 0) is 63.3 Å². The topological polar surface area (TPSA) is 66.1 Å². The van der Waals surface area contributed by atoms with Gasteiger partial charge in [0.25, 0.3) is 5.56 Å². The summed E-state index contributed by atoms with van der Waals surface area (Å²) in [4.78, 5) is 34.0. The monoisotopic (exact) mass is 493 g/mol. The van der Waals surface area contributed by atoms with E-state index < -0.39 is 0 Å². The first-order valence-corrected chi connectivity index (χ1v) is 13.2. The van der Waals surface area contributed by atoms with Crippen molar-refractivity contribution < 1.29 is 9.53 Å². The number of hydrogen-bond acceptors (Lipinski definition) is 6. The number of aryl methyl sites for hydroxylation is 3. The SMILES string of the molecule is COc1cccc(-n2c(SCC(=O)c3cc(C)n(C)c3C)nc3sc4c(c3c2=O)CCCC4)c1. The number of ketones is 1. The van der Waals surface area contributed by atoms with Gasteiger partial charge in [0, 0.05) is 34.9 Å². The molecule has 3 heterocycles. The molecule has 0 fully saturated rings. The highest BCUT2D eigenvalue weighted by molar-refractivity contribution is 7.99. The number of Topliss-reactive ketones (excluding diaryl/α,β-unsaturated/α-hetero) is 1. The first kappa shape index (κ1) is 22.9. The van der Waals surface area contributed by atoms with Gasteiger partial charge in [0.1, 0.15) is 10.6 Å². The zero-order valence-electron chi connectivity index (χ0n) is 19.8. The maximum Gasteiger partial charge on any atom is 0.267 e. The number of benzene rings is 1. The molecular weight excluding hydrogens is 466 g/mol. The molecule has 1 aliphatic carbocycles. The van der Waals surface area contributed by atoms with Gasteiger partial charge in [-0.2, -0.15) is 0 Å². The van der Waals surface area contributed by atoms with E-state index in [9.17, 15) is 9.59 Å². The van der Waals surface area contributed by atoms with Crippen LogP contribution >= 0.6 is 23.1 Å². The van der Waals surface area contributed by atoms with Crippen LogP contribution in [0.1, 0.15) is 45.0 Å². The van der Waals surface area contributed by atoms with E-state index >= 15 is 0 Å². The second-order valence-electron chi connectivity index (χ2n) is 8.68. The summed E-state index contributed by atoms with van der Waals surface area (Å²) in [7, 11) is 3.57. The second-order valence-corrected chi connectivity index (χ2v) is 10.7. The molecule has 34 heavy (non-hydrogen) atoms. The van der Waals surface area contributed by atoms with Crippen LogP contribution in [0.25, 0.3) is 15.9 Å². The van der Waals surface area contributed by atoms with Gasteiger partial charge in [0.05, 0.1) is 23.9 Å². The zero-order valence-corrected chi connectivity index (χ0v) is 21.4. The second kappa shape index (κ2) is 9.07. The van der Waals surface area contributed by atoms with E-state index in [1.807, 2.05) is 55.8 Å². The van der Waals surface area contributed by atoms with Gasteiger partial charge < -0.3 is 9.30 Å². The minimum atomic E-state index is -0.0701. The van der Waals surface area contributed by atoms with Crippen molar-refractivity contribution in [2.45, 2.75) is 44.7 Å². The molecule has 1 aromatic carbocycles. The summed E-state index contributed by atoms with van der Waals surface area (Å²) in [5.41, 5.74) is 4.49. The van der Waals surface area contributed by atoms with Crippen LogP contribution in [0.2, 0.25) is 0 Å². The molecule has 4 aromatic rings.